The predicted octanol–water partition coefficient (Wildman–Crippen LogP) is -0.0160. The highest BCUT2D eigenvalue weighted by Gasteiger charge is 2.59. The molecule has 0 spiro atoms. The zero-order chi connectivity index (χ0) is 67.3. The van der Waals surface area contributed by atoms with E-state index in [1.807, 2.05) is 13.8 Å². The molecule has 0 amide bonds. The van der Waals surface area contributed by atoms with E-state index in [0.717, 1.165) is 0 Å². The topological polar surface area (TPSA) is 306 Å². The minimum atomic E-state index is -1.19. The highest BCUT2D eigenvalue weighted by molar-refractivity contribution is 5.08. The molecule has 0 aromatic carbocycles. The van der Waals surface area contributed by atoms with E-state index in [1.165, 1.54) is 106 Å². The van der Waals surface area contributed by atoms with Crippen molar-refractivity contribution in [2.24, 2.45) is 0 Å². The molecule has 6 rings (SSSR count). The number of ether oxygens (including phenoxy) is 31. The first-order valence-electron chi connectivity index (χ1n) is 30.6. The Labute approximate surface area is 541 Å². The number of aliphatic hydroxyl groups excluding tert-OH is 1. The third-order valence-corrected chi connectivity index (χ3v) is 17.6. The molecule has 0 aromatic rings. The van der Waals surface area contributed by atoms with Crippen molar-refractivity contribution < 1.29 is 152 Å². The lowest BCUT2D eigenvalue weighted by molar-refractivity contribution is -0.394. The first-order valence-corrected chi connectivity index (χ1v) is 30.6. The van der Waals surface area contributed by atoms with Gasteiger partial charge in [-0.1, -0.05) is 0 Å². The van der Waals surface area contributed by atoms with Gasteiger partial charge in [0.1, 0.15) is 134 Å². The van der Waals surface area contributed by atoms with Crippen molar-refractivity contribution >= 4 is 0 Å². The average Bonchev–Trinajstić information content (AvgIpc) is 1.01. The molecule has 540 valence electrons. The summed E-state index contributed by atoms with van der Waals surface area (Å²) in [5.74, 6) is 0.215. The SMILES string of the molecule is COCC(O)[C@@H](O[C@H]1CC(OC)[C@H](O[C@@H]2OC(COC)[C@@H](O[C@H]3OC(COC)[C@@H](O[C@@H]4OC(COC)[C@@H](O[C@@H]5OC=C(O[C@@H]6OC(COC)[C@@H](OC)C(OC)C6OC)C(OC)C5OC)C(OC)C4OC)C(OC)C3OC)C(OC)C2OC)C(C)O1)C(OC)C(C)OC. The van der Waals surface area contributed by atoms with E-state index >= 15 is 0 Å². The Morgan fingerprint density at radius 2 is 0.793 bits per heavy atom. The summed E-state index contributed by atoms with van der Waals surface area (Å²) < 4.78 is 192. The van der Waals surface area contributed by atoms with Gasteiger partial charge in [0.15, 0.2) is 37.0 Å². The third-order valence-electron chi connectivity index (χ3n) is 17.6. The summed E-state index contributed by atoms with van der Waals surface area (Å²) in [6.07, 6.45) is -25.5. The second kappa shape index (κ2) is 39.7. The predicted molar refractivity (Wildman–Crippen MR) is 314 cm³/mol. The zero-order valence-electron chi connectivity index (χ0n) is 57.3. The summed E-state index contributed by atoms with van der Waals surface area (Å²) in [5.41, 5.74) is 0. The van der Waals surface area contributed by atoms with Gasteiger partial charge in [0.2, 0.25) is 12.6 Å². The van der Waals surface area contributed by atoms with Crippen LogP contribution in [0.4, 0.5) is 0 Å². The van der Waals surface area contributed by atoms with Crippen LogP contribution < -0.4 is 0 Å². The van der Waals surface area contributed by atoms with Gasteiger partial charge in [-0.05, 0) is 13.8 Å². The molecule has 6 aliphatic rings. The molecule has 1 N–H and O–H groups in total. The van der Waals surface area contributed by atoms with E-state index in [0.29, 0.717) is 0 Å². The summed E-state index contributed by atoms with van der Waals surface area (Å²) in [6.45, 7) is 3.77. The van der Waals surface area contributed by atoms with E-state index in [4.69, 9.17) is 147 Å². The van der Waals surface area contributed by atoms with E-state index < -0.39 is 190 Å². The molecule has 5 fully saturated rings. The van der Waals surface area contributed by atoms with Crippen molar-refractivity contribution in [2.45, 2.75) is 211 Å². The maximum atomic E-state index is 11.2. The minimum absolute atomic E-state index is 0.00853. The van der Waals surface area contributed by atoms with E-state index in [-0.39, 0.29) is 45.2 Å². The fourth-order valence-corrected chi connectivity index (χ4v) is 13.1. The monoisotopic (exact) mass is 1340 g/mol. The Bertz CT molecular complexity index is 2040. The molecule has 0 aromatic heterocycles. The molecular weight excluding hydrogens is 1230 g/mol. The van der Waals surface area contributed by atoms with Gasteiger partial charge in [-0.15, -0.1) is 0 Å². The molecule has 32 heteroatoms. The molecule has 5 saturated heterocycles. The van der Waals surface area contributed by atoms with Crippen molar-refractivity contribution in [3.63, 3.8) is 0 Å². The van der Waals surface area contributed by atoms with Crippen LogP contribution in [0.15, 0.2) is 12.0 Å². The highest BCUT2D eigenvalue weighted by Crippen LogP contribution is 2.41. The van der Waals surface area contributed by atoms with Crippen molar-refractivity contribution in [1.82, 2.24) is 0 Å². The Hall–Kier alpha value is -1.86. The summed E-state index contributed by atoms with van der Waals surface area (Å²) in [4.78, 5) is 0. The van der Waals surface area contributed by atoms with Gasteiger partial charge in [0.25, 0.3) is 0 Å². The molecule has 6 aliphatic heterocycles. The number of hydrogen-bond acceptors (Lipinski definition) is 32. The van der Waals surface area contributed by atoms with E-state index in [9.17, 15) is 5.11 Å². The van der Waals surface area contributed by atoms with Gasteiger partial charge in [0.05, 0.1) is 51.3 Å². The molecule has 0 saturated carbocycles. The fraction of sp³-hybridized carbons (Fsp3) is 0.967. The van der Waals surface area contributed by atoms with Crippen molar-refractivity contribution in [3.05, 3.63) is 12.0 Å². The lowest BCUT2D eigenvalue weighted by Crippen LogP contribution is -2.68. The molecular formula is C60H108O32. The van der Waals surface area contributed by atoms with Crippen molar-refractivity contribution in [1.29, 1.82) is 0 Å². The number of hydrogen-bond donors (Lipinski definition) is 1. The maximum Gasteiger partial charge on any atom is 0.229 e. The second-order valence-electron chi connectivity index (χ2n) is 22.7. The zero-order valence-corrected chi connectivity index (χ0v) is 57.3. The van der Waals surface area contributed by atoms with Crippen LogP contribution in [0.3, 0.4) is 0 Å². The second-order valence-corrected chi connectivity index (χ2v) is 22.7. The molecule has 32 nitrogen and oxygen atoms in total. The largest absolute Gasteiger partial charge is 0.466 e. The van der Waals surface area contributed by atoms with E-state index in [1.54, 1.807) is 35.5 Å². The smallest absolute Gasteiger partial charge is 0.229 e. The lowest BCUT2D eigenvalue weighted by Gasteiger charge is -2.51. The first-order chi connectivity index (χ1) is 44.5. The first kappa shape index (κ1) is 79.1. The van der Waals surface area contributed by atoms with Gasteiger partial charge >= 0.3 is 0 Å². The Morgan fingerprint density at radius 3 is 1.17 bits per heavy atom. The molecule has 19 unspecified atom stereocenters. The van der Waals surface area contributed by atoms with E-state index in [2.05, 4.69) is 0 Å². The molecule has 92 heavy (non-hydrogen) atoms. The lowest BCUT2D eigenvalue weighted by atomic mass is 9.95. The van der Waals surface area contributed by atoms with Crippen LogP contribution in [-0.2, 0) is 147 Å². The standard InChI is InChI=1S/C60H108O32/c1-29(67-8)40(69-10)41(31(61)23-62-3)88-38-22-32(68-9)39(30(2)82-38)89-58-53(78-19)49(74-15)45(35(84-58)26-65-6)91-60-55(80-21)50(75-16)46(36(86-60)27-66-7)92-59-54(79-20)48(73-14)44(34(85-59)25-64-5)90-56-51(76-17)43(71-12)37(28-81-56)87-57-52(77-18)47(72-13)42(70-11)33(83-57)24-63-4/h28-36,38-61H,22-27H2,1-21H3/t29?,30?,31?,32?,33?,34?,35?,36?,38-,39+,40?,41+,42+,43?,44+,45+,46+,47?,48?,49?,50?,51?,52?,53?,54?,55?,56-,57-,58-,59-,60+/m0/s1. The van der Waals surface area contributed by atoms with Crippen LogP contribution in [0.5, 0.6) is 0 Å². The summed E-state index contributed by atoms with van der Waals surface area (Å²) in [5, 5.41) is 11.2. The van der Waals surface area contributed by atoms with Crippen LogP contribution in [0.1, 0.15) is 20.3 Å². The average molecular weight is 1340 g/mol. The van der Waals surface area contributed by atoms with Crippen LogP contribution >= 0.6 is 0 Å². The normalized spacial score (nSPS) is 40.9. The van der Waals surface area contributed by atoms with Gasteiger partial charge in [-0.25, -0.2) is 0 Å². The molecule has 6 heterocycles. The number of methoxy groups -OCH3 is 19. The van der Waals surface area contributed by atoms with Crippen LogP contribution in [0, 0.1) is 0 Å². The quantitative estimate of drug-likeness (QED) is 0.0846. The fourth-order valence-electron chi connectivity index (χ4n) is 13.1. The molecule has 0 aliphatic carbocycles. The van der Waals surface area contributed by atoms with Crippen LogP contribution in [0.2, 0.25) is 0 Å². The maximum absolute atomic E-state index is 11.2. The van der Waals surface area contributed by atoms with Crippen molar-refractivity contribution in [2.75, 3.05) is 168 Å². The Kier molecular flexibility index (Phi) is 34.1. The highest BCUT2D eigenvalue weighted by atomic mass is 16.8. The summed E-state index contributed by atoms with van der Waals surface area (Å²) >= 11 is 0. The van der Waals surface area contributed by atoms with Crippen molar-refractivity contribution in [3.8, 4) is 0 Å². The van der Waals surface area contributed by atoms with Gasteiger partial charge < -0.3 is 152 Å². The van der Waals surface area contributed by atoms with Gasteiger partial charge in [-0.2, -0.15) is 0 Å². The molecule has 31 atom stereocenters. The summed E-state index contributed by atoms with van der Waals surface area (Å²) in [6, 6.07) is 0. The molecule has 0 radical (unpaired) electrons. The van der Waals surface area contributed by atoms with Crippen LogP contribution in [0.25, 0.3) is 0 Å². The third kappa shape index (κ3) is 18.5. The van der Waals surface area contributed by atoms with Gasteiger partial charge in [-0.3, -0.25) is 0 Å². The minimum Gasteiger partial charge on any atom is -0.466 e. The molecule has 0 bridgehead atoms. The number of aliphatic hydroxyl groups is 1. The van der Waals surface area contributed by atoms with Gasteiger partial charge in [0, 0.05) is 142 Å². The Morgan fingerprint density at radius 1 is 0.402 bits per heavy atom. The summed E-state index contributed by atoms with van der Waals surface area (Å²) in [7, 11) is 28.9. The number of rotatable bonds is 39. The Balaban J connectivity index is 1.19. The van der Waals surface area contributed by atoms with Crippen LogP contribution in [-0.4, -0.2) is 364 Å².